The number of nitrogens with zero attached hydrogens (tertiary/aromatic N) is 1. The number of anilines is 1. The molecule has 0 aromatic heterocycles. The van der Waals surface area contributed by atoms with Gasteiger partial charge in [-0.1, -0.05) is 38.5 Å². The number of carboxylic acid groups (broad SMARTS) is 1. The monoisotopic (exact) mass is 261 g/mol. The molecule has 1 N–H and O–H groups in total. The van der Waals surface area contributed by atoms with Gasteiger partial charge in [-0.15, -0.1) is 0 Å². The topological polar surface area (TPSA) is 40.5 Å². The van der Waals surface area contributed by atoms with Gasteiger partial charge in [0.15, 0.2) is 0 Å². The molecule has 0 spiro atoms. The Kier molecular flexibility index (Phi) is 4.46. The summed E-state index contributed by atoms with van der Waals surface area (Å²) in [6.45, 7) is 6.36. The molecule has 2 atom stereocenters. The molecule has 3 heteroatoms. The van der Waals surface area contributed by atoms with Crippen molar-refractivity contribution >= 4 is 11.7 Å². The van der Waals surface area contributed by atoms with Crippen molar-refractivity contribution in [1.29, 1.82) is 0 Å². The highest BCUT2D eigenvalue weighted by Crippen LogP contribution is 2.38. The summed E-state index contributed by atoms with van der Waals surface area (Å²) in [5.74, 6) is 0.0902. The fraction of sp³-hybridized carbons (Fsp3) is 0.562. The molecule has 1 aliphatic rings. The third-order valence-electron chi connectivity index (χ3n) is 3.89. The maximum Gasteiger partial charge on any atom is 0.304 e. The van der Waals surface area contributed by atoms with Crippen LogP contribution in [0.3, 0.4) is 0 Å². The van der Waals surface area contributed by atoms with Crippen LogP contribution in [0.1, 0.15) is 44.6 Å². The minimum absolute atomic E-state index is 0.141. The van der Waals surface area contributed by atoms with Crippen LogP contribution in [0.2, 0.25) is 0 Å². The average Bonchev–Trinajstić information content (AvgIpc) is 2.68. The molecule has 0 saturated heterocycles. The highest BCUT2D eigenvalue weighted by Gasteiger charge is 2.30. The first-order chi connectivity index (χ1) is 9.11. The number of hydrogen-bond donors (Lipinski definition) is 1. The van der Waals surface area contributed by atoms with Crippen molar-refractivity contribution in [2.45, 2.75) is 39.0 Å². The molecule has 2 unspecified atom stereocenters. The zero-order chi connectivity index (χ0) is 13.8. The number of hydrogen-bond acceptors (Lipinski definition) is 2. The van der Waals surface area contributed by atoms with Gasteiger partial charge in [0.1, 0.15) is 0 Å². The lowest BCUT2D eigenvalue weighted by Crippen LogP contribution is -2.27. The molecule has 1 heterocycles. The fourth-order valence-corrected chi connectivity index (χ4v) is 3.10. The van der Waals surface area contributed by atoms with E-state index in [0.717, 1.165) is 13.1 Å². The average molecular weight is 261 g/mol. The summed E-state index contributed by atoms with van der Waals surface area (Å²) in [7, 11) is 0. The van der Waals surface area contributed by atoms with Gasteiger partial charge in [0.2, 0.25) is 0 Å². The number of aliphatic carboxylic acids is 1. The van der Waals surface area contributed by atoms with Crippen LogP contribution in [-0.2, 0) is 4.79 Å². The Labute approximate surface area is 115 Å². The Hall–Kier alpha value is -1.51. The second kappa shape index (κ2) is 6.09. The van der Waals surface area contributed by atoms with Crippen molar-refractivity contribution in [2.75, 3.05) is 18.0 Å². The number of para-hydroxylation sites is 1. The molecule has 1 aromatic rings. The quantitative estimate of drug-likeness (QED) is 0.852. The molecule has 0 bridgehead atoms. The van der Waals surface area contributed by atoms with E-state index in [1.165, 1.54) is 24.1 Å². The van der Waals surface area contributed by atoms with E-state index in [1.54, 1.807) is 0 Å². The van der Waals surface area contributed by atoms with Crippen molar-refractivity contribution in [2.24, 2.45) is 5.92 Å². The highest BCUT2D eigenvalue weighted by atomic mass is 16.4. The number of fused-ring (bicyclic) bond motifs is 1. The normalized spacial score (nSPS) is 19.3. The van der Waals surface area contributed by atoms with Gasteiger partial charge in [0, 0.05) is 24.7 Å². The lowest BCUT2D eigenvalue weighted by molar-refractivity contribution is -0.137. The first kappa shape index (κ1) is 13.9. The Balaban J connectivity index is 2.13. The van der Waals surface area contributed by atoms with Crippen molar-refractivity contribution < 1.29 is 9.90 Å². The van der Waals surface area contributed by atoms with E-state index in [4.69, 9.17) is 5.11 Å². The van der Waals surface area contributed by atoms with Crippen molar-refractivity contribution in [3.05, 3.63) is 29.8 Å². The van der Waals surface area contributed by atoms with E-state index >= 15 is 0 Å². The second-order valence-electron chi connectivity index (χ2n) is 5.65. The summed E-state index contributed by atoms with van der Waals surface area (Å²) in [5, 5.41) is 9.03. The fourth-order valence-electron chi connectivity index (χ4n) is 3.10. The molecule has 0 radical (unpaired) electrons. The van der Waals surface area contributed by atoms with Crippen LogP contribution in [0.15, 0.2) is 24.3 Å². The molecule has 0 saturated carbocycles. The van der Waals surface area contributed by atoms with Gasteiger partial charge in [-0.2, -0.15) is 0 Å². The smallest absolute Gasteiger partial charge is 0.304 e. The van der Waals surface area contributed by atoms with E-state index in [1.807, 2.05) is 12.1 Å². The van der Waals surface area contributed by atoms with Gasteiger partial charge < -0.3 is 10.0 Å². The highest BCUT2D eigenvalue weighted by molar-refractivity contribution is 5.71. The van der Waals surface area contributed by atoms with Gasteiger partial charge in [-0.25, -0.2) is 0 Å². The molecule has 1 aromatic carbocycles. The van der Waals surface area contributed by atoms with Crippen LogP contribution in [0.25, 0.3) is 0 Å². The standard InChI is InChI=1S/C16H23NO2/c1-3-6-12(2)10-17-11-13(9-16(18)19)14-7-4-5-8-15(14)17/h4-5,7-8,12-13H,3,6,9-11H2,1-2H3,(H,18,19). The number of carbonyl (C=O) groups is 1. The summed E-state index contributed by atoms with van der Waals surface area (Å²) < 4.78 is 0. The summed E-state index contributed by atoms with van der Waals surface area (Å²) in [6.07, 6.45) is 2.66. The Bertz CT molecular complexity index is 444. The molecule has 0 fully saturated rings. The first-order valence-corrected chi connectivity index (χ1v) is 7.17. The minimum Gasteiger partial charge on any atom is -0.481 e. The van der Waals surface area contributed by atoms with Gasteiger partial charge in [-0.05, 0) is 24.0 Å². The maximum atomic E-state index is 11.0. The lowest BCUT2D eigenvalue weighted by Gasteiger charge is -2.23. The molecular weight excluding hydrogens is 238 g/mol. The van der Waals surface area contributed by atoms with Gasteiger partial charge in [0.05, 0.1) is 6.42 Å². The third kappa shape index (κ3) is 3.28. The van der Waals surface area contributed by atoms with Gasteiger partial charge >= 0.3 is 5.97 Å². The number of benzene rings is 1. The van der Waals surface area contributed by atoms with Crippen LogP contribution < -0.4 is 4.90 Å². The number of carboxylic acids is 1. The zero-order valence-electron chi connectivity index (χ0n) is 11.8. The summed E-state index contributed by atoms with van der Waals surface area (Å²) in [6, 6.07) is 8.25. The van der Waals surface area contributed by atoms with Crippen molar-refractivity contribution in [3.8, 4) is 0 Å². The largest absolute Gasteiger partial charge is 0.481 e. The van der Waals surface area contributed by atoms with E-state index in [2.05, 4.69) is 30.9 Å². The zero-order valence-corrected chi connectivity index (χ0v) is 11.8. The van der Waals surface area contributed by atoms with Crippen LogP contribution >= 0.6 is 0 Å². The second-order valence-corrected chi connectivity index (χ2v) is 5.65. The predicted octanol–water partition coefficient (Wildman–Crippen LogP) is 3.50. The Morgan fingerprint density at radius 3 is 2.89 bits per heavy atom. The molecule has 104 valence electrons. The first-order valence-electron chi connectivity index (χ1n) is 7.17. The van der Waals surface area contributed by atoms with E-state index in [0.29, 0.717) is 5.92 Å². The van der Waals surface area contributed by atoms with Crippen molar-refractivity contribution in [1.82, 2.24) is 0 Å². The molecule has 2 rings (SSSR count). The van der Waals surface area contributed by atoms with Crippen LogP contribution in [0.4, 0.5) is 5.69 Å². The molecule has 3 nitrogen and oxygen atoms in total. The van der Waals surface area contributed by atoms with Crippen LogP contribution in [0.5, 0.6) is 0 Å². The van der Waals surface area contributed by atoms with Crippen LogP contribution in [-0.4, -0.2) is 24.2 Å². The maximum absolute atomic E-state index is 11.0. The van der Waals surface area contributed by atoms with Crippen molar-refractivity contribution in [3.63, 3.8) is 0 Å². The SMILES string of the molecule is CCCC(C)CN1CC(CC(=O)O)c2ccccc21. The molecule has 0 aliphatic carbocycles. The molecule has 19 heavy (non-hydrogen) atoms. The molecular formula is C16H23NO2. The van der Waals surface area contributed by atoms with Gasteiger partial charge in [0.25, 0.3) is 0 Å². The summed E-state index contributed by atoms with van der Waals surface area (Å²) in [5.41, 5.74) is 2.44. The van der Waals surface area contributed by atoms with Crippen LogP contribution in [0, 0.1) is 5.92 Å². The third-order valence-corrected chi connectivity index (χ3v) is 3.89. The van der Waals surface area contributed by atoms with E-state index < -0.39 is 5.97 Å². The molecule has 1 aliphatic heterocycles. The lowest BCUT2D eigenvalue weighted by atomic mass is 9.98. The van der Waals surface area contributed by atoms with E-state index in [-0.39, 0.29) is 12.3 Å². The Morgan fingerprint density at radius 2 is 2.21 bits per heavy atom. The summed E-state index contributed by atoms with van der Waals surface area (Å²) in [4.78, 5) is 13.3. The van der Waals surface area contributed by atoms with E-state index in [9.17, 15) is 4.79 Å². The number of rotatable bonds is 6. The molecule has 0 amide bonds. The summed E-state index contributed by atoms with van der Waals surface area (Å²) >= 11 is 0. The Morgan fingerprint density at radius 1 is 1.47 bits per heavy atom. The van der Waals surface area contributed by atoms with Gasteiger partial charge in [-0.3, -0.25) is 4.79 Å². The predicted molar refractivity (Wildman–Crippen MR) is 77.7 cm³/mol. The minimum atomic E-state index is -0.705.